The van der Waals surface area contributed by atoms with E-state index in [2.05, 4.69) is 10.6 Å². The summed E-state index contributed by atoms with van der Waals surface area (Å²) in [5, 5.41) is 7.23. The van der Waals surface area contributed by atoms with Crippen molar-refractivity contribution in [2.75, 3.05) is 13.7 Å². The fourth-order valence-electron chi connectivity index (χ4n) is 3.48. The summed E-state index contributed by atoms with van der Waals surface area (Å²) in [6, 6.07) is 0.204. The van der Waals surface area contributed by atoms with Gasteiger partial charge in [-0.2, -0.15) is 0 Å². The molecule has 0 bridgehead atoms. The highest BCUT2D eigenvalue weighted by molar-refractivity contribution is 7.11. The lowest BCUT2D eigenvalue weighted by molar-refractivity contribution is 0.107. The van der Waals surface area contributed by atoms with E-state index in [0.717, 1.165) is 38.5 Å². The Hall–Kier alpha value is -1.14. The zero-order chi connectivity index (χ0) is 16.1. The van der Waals surface area contributed by atoms with Gasteiger partial charge in [0.25, 0.3) is 0 Å². The van der Waals surface area contributed by atoms with Gasteiger partial charge in [-0.25, -0.2) is 9.78 Å². The van der Waals surface area contributed by atoms with Crippen LogP contribution in [0.25, 0.3) is 0 Å². The van der Waals surface area contributed by atoms with Crippen LogP contribution in [0.4, 0.5) is 4.79 Å². The highest BCUT2D eigenvalue weighted by atomic mass is 32.1. The van der Waals surface area contributed by atoms with Crippen molar-refractivity contribution < 1.29 is 9.53 Å². The Morgan fingerprint density at radius 2 is 2.22 bits per heavy atom. The molecule has 23 heavy (non-hydrogen) atoms. The third kappa shape index (κ3) is 4.67. The molecule has 0 aliphatic heterocycles. The predicted molar refractivity (Wildman–Crippen MR) is 92.0 cm³/mol. The second-order valence-corrected chi connectivity index (χ2v) is 7.72. The number of amides is 2. The molecule has 3 rings (SSSR count). The Labute approximate surface area is 142 Å². The number of ether oxygens (including phenoxy) is 1. The van der Waals surface area contributed by atoms with Crippen LogP contribution in [0, 0.1) is 0 Å². The number of nitrogens with zero attached hydrogens (tertiary/aromatic N) is 1. The summed E-state index contributed by atoms with van der Waals surface area (Å²) in [5.41, 5.74) is 1.33. The summed E-state index contributed by atoms with van der Waals surface area (Å²) in [6.45, 7) is 0.705. The van der Waals surface area contributed by atoms with E-state index < -0.39 is 0 Å². The summed E-state index contributed by atoms with van der Waals surface area (Å²) < 4.78 is 5.33. The molecule has 2 aliphatic carbocycles. The number of thiazole rings is 1. The van der Waals surface area contributed by atoms with Gasteiger partial charge in [0.1, 0.15) is 0 Å². The largest absolute Gasteiger partial charge is 0.381 e. The smallest absolute Gasteiger partial charge is 0.315 e. The minimum Gasteiger partial charge on any atom is -0.381 e. The number of urea groups is 1. The molecule has 2 N–H and O–H groups in total. The number of fused-ring (bicyclic) bond motifs is 1. The monoisotopic (exact) mass is 337 g/mol. The number of aryl methyl sites for hydroxylation is 3. The molecule has 1 aromatic rings. The molecule has 2 aliphatic rings. The molecule has 2 atom stereocenters. The fraction of sp³-hybridized carbons (Fsp3) is 0.765. The van der Waals surface area contributed by atoms with Crippen LogP contribution in [-0.2, 0) is 24.0 Å². The zero-order valence-corrected chi connectivity index (χ0v) is 14.7. The van der Waals surface area contributed by atoms with Gasteiger partial charge in [-0.05, 0) is 51.4 Å². The molecule has 0 spiro atoms. The number of nitrogens with one attached hydrogen (secondary N) is 2. The van der Waals surface area contributed by atoms with Crippen molar-refractivity contribution in [3.63, 3.8) is 0 Å². The van der Waals surface area contributed by atoms with Crippen LogP contribution in [0.2, 0.25) is 0 Å². The Balaban J connectivity index is 1.32. The van der Waals surface area contributed by atoms with Crippen molar-refractivity contribution in [3.8, 4) is 0 Å². The molecule has 6 heteroatoms. The molecular formula is C17H27N3O2S. The Morgan fingerprint density at radius 3 is 3.00 bits per heavy atom. The van der Waals surface area contributed by atoms with Gasteiger partial charge in [-0.3, -0.25) is 0 Å². The van der Waals surface area contributed by atoms with E-state index in [0.29, 0.717) is 12.6 Å². The minimum absolute atomic E-state index is 0.0508. The van der Waals surface area contributed by atoms with Gasteiger partial charge in [-0.1, -0.05) is 0 Å². The normalized spacial score (nSPS) is 23.5. The quantitative estimate of drug-likeness (QED) is 0.785. The molecule has 0 saturated heterocycles. The van der Waals surface area contributed by atoms with E-state index in [-0.39, 0.29) is 12.1 Å². The molecule has 1 saturated carbocycles. The Morgan fingerprint density at radius 1 is 1.35 bits per heavy atom. The standard InChI is InChI=1S/C17H27N3O2S/c1-22-13-9-8-12(11-13)19-17(21)18-10-4-7-16-20-14-5-2-3-6-15(14)23-16/h12-13H,2-11H2,1H3,(H2,18,19,21)/t12-,13-/m0/s1. The van der Waals surface area contributed by atoms with Gasteiger partial charge in [0, 0.05) is 31.0 Å². The molecule has 128 valence electrons. The summed E-state index contributed by atoms with van der Waals surface area (Å²) >= 11 is 1.87. The lowest BCUT2D eigenvalue weighted by Crippen LogP contribution is -2.41. The summed E-state index contributed by atoms with van der Waals surface area (Å²) in [4.78, 5) is 18.1. The molecule has 1 aromatic heterocycles. The predicted octanol–water partition coefficient (Wildman–Crippen LogP) is 2.82. The number of methoxy groups -OCH3 is 1. The maximum absolute atomic E-state index is 11.9. The minimum atomic E-state index is -0.0508. The van der Waals surface area contributed by atoms with Gasteiger partial charge in [0.15, 0.2) is 0 Å². The van der Waals surface area contributed by atoms with Gasteiger partial charge in [0.2, 0.25) is 0 Å². The summed E-state index contributed by atoms with van der Waals surface area (Å²) in [7, 11) is 1.74. The van der Waals surface area contributed by atoms with E-state index in [1.54, 1.807) is 7.11 Å². The van der Waals surface area contributed by atoms with Crippen molar-refractivity contribution in [1.82, 2.24) is 15.6 Å². The average molecular weight is 337 g/mol. The topological polar surface area (TPSA) is 63.2 Å². The lowest BCUT2D eigenvalue weighted by Gasteiger charge is -2.13. The third-order valence-electron chi connectivity index (χ3n) is 4.80. The fourth-order valence-corrected chi connectivity index (χ4v) is 4.67. The Kier molecular flexibility index (Phi) is 5.89. The second-order valence-electron chi connectivity index (χ2n) is 6.56. The van der Waals surface area contributed by atoms with E-state index in [9.17, 15) is 4.79 Å². The number of hydrogen-bond donors (Lipinski definition) is 2. The van der Waals surface area contributed by atoms with Crippen molar-refractivity contribution in [1.29, 1.82) is 0 Å². The van der Waals surface area contributed by atoms with E-state index >= 15 is 0 Å². The first-order valence-electron chi connectivity index (χ1n) is 8.79. The van der Waals surface area contributed by atoms with Gasteiger partial charge in [-0.15, -0.1) is 11.3 Å². The zero-order valence-electron chi connectivity index (χ0n) is 13.9. The highest BCUT2D eigenvalue weighted by Gasteiger charge is 2.25. The van der Waals surface area contributed by atoms with E-state index in [1.165, 1.54) is 34.8 Å². The molecule has 5 nitrogen and oxygen atoms in total. The number of carbonyl (C=O) groups excluding carboxylic acids is 1. The maximum atomic E-state index is 11.9. The van der Waals surface area contributed by atoms with Crippen LogP contribution < -0.4 is 10.6 Å². The summed E-state index contributed by atoms with van der Waals surface area (Å²) in [6.07, 6.45) is 10.1. The second kappa shape index (κ2) is 8.11. The molecular weight excluding hydrogens is 310 g/mol. The number of hydrogen-bond acceptors (Lipinski definition) is 4. The molecule has 2 amide bonds. The van der Waals surface area contributed by atoms with Crippen LogP contribution in [-0.4, -0.2) is 36.8 Å². The summed E-state index contributed by atoms with van der Waals surface area (Å²) in [5.74, 6) is 0. The first kappa shape index (κ1) is 16.7. The number of carbonyl (C=O) groups is 1. The van der Waals surface area contributed by atoms with Crippen LogP contribution in [0.5, 0.6) is 0 Å². The lowest BCUT2D eigenvalue weighted by atomic mass is 10.0. The molecule has 1 fully saturated rings. The van der Waals surface area contributed by atoms with Gasteiger partial charge >= 0.3 is 6.03 Å². The molecule has 0 aromatic carbocycles. The number of aromatic nitrogens is 1. The highest BCUT2D eigenvalue weighted by Crippen LogP contribution is 2.27. The number of rotatable bonds is 6. The molecule has 0 radical (unpaired) electrons. The van der Waals surface area contributed by atoms with Crippen LogP contribution in [0.3, 0.4) is 0 Å². The van der Waals surface area contributed by atoms with Crippen molar-refractivity contribution in [2.45, 2.75) is 69.9 Å². The maximum Gasteiger partial charge on any atom is 0.315 e. The van der Waals surface area contributed by atoms with E-state index in [4.69, 9.17) is 9.72 Å². The average Bonchev–Trinajstić information content (AvgIpc) is 3.17. The van der Waals surface area contributed by atoms with Crippen LogP contribution >= 0.6 is 11.3 Å². The van der Waals surface area contributed by atoms with Gasteiger partial charge < -0.3 is 15.4 Å². The van der Waals surface area contributed by atoms with Crippen molar-refractivity contribution in [2.24, 2.45) is 0 Å². The SMILES string of the molecule is CO[C@H]1CC[C@H](NC(=O)NCCCc2nc3c(s2)CCCC3)C1. The Bertz CT molecular complexity index is 508. The first-order valence-corrected chi connectivity index (χ1v) is 9.61. The molecule has 0 unspecified atom stereocenters. The van der Waals surface area contributed by atoms with Gasteiger partial charge in [0.05, 0.1) is 16.8 Å². The van der Waals surface area contributed by atoms with Crippen LogP contribution in [0.15, 0.2) is 0 Å². The molecule has 1 heterocycles. The van der Waals surface area contributed by atoms with Crippen molar-refractivity contribution in [3.05, 3.63) is 15.6 Å². The van der Waals surface area contributed by atoms with E-state index in [1.807, 2.05) is 11.3 Å². The van der Waals surface area contributed by atoms with Crippen molar-refractivity contribution >= 4 is 17.4 Å². The van der Waals surface area contributed by atoms with Crippen LogP contribution in [0.1, 0.15) is 54.1 Å². The third-order valence-corrected chi connectivity index (χ3v) is 6.01. The first-order chi connectivity index (χ1) is 11.2.